The number of rotatable bonds is 0. The van der Waals surface area contributed by atoms with Crippen LogP contribution in [0.5, 0.6) is 0 Å². The molecule has 2 unspecified atom stereocenters. The maximum Gasteiger partial charge on any atom is 0.165 e. The Hall–Kier alpha value is -0.590. The Bertz CT molecular complexity index is 375. The topological polar surface area (TPSA) is 17.1 Å². The van der Waals surface area contributed by atoms with Crippen LogP contribution >= 0.6 is 0 Å². The third kappa shape index (κ3) is 0.885. The first kappa shape index (κ1) is 9.62. The summed E-state index contributed by atoms with van der Waals surface area (Å²) in [5.41, 5.74) is 2.92. The Morgan fingerprint density at radius 3 is 2.67 bits per heavy atom. The van der Waals surface area contributed by atoms with Crippen molar-refractivity contribution < 1.29 is 4.79 Å². The molecule has 0 saturated heterocycles. The van der Waals surface area contributed by atoms with Gasteiger partial charge in [0.1, 0.15) is 0 Å². The lowest BCUT2D eigenvalue weighted by molar-refractivity contribution is -0.130. The number of Topliss-reactive ketones (excluding diaryl/α,β-unsaturated/α-hetero) is 1. The van der Waals surface area contributed by atoms with Gasteiger partial charge >= 0.3 is 0 Å². The molecule has 15 heavy (non-hydrogen) atoms. The fourth-order valence-electron chi connectivity index (χ4n) is 4.26. The van der Waals surface area contributed by atoms with Gasteiger partial charge in [-0.05, 0) is 49.0 Å². The smallest absolute Gasteiger partial charge is 0.165 e. The quantitative estimate of drug-likeness (QED) is 0.590. The lowest BCUT2D eigenvalue weighted by Gasteiger charge is -2.45. The fourth-order valence-corrected chi connectivity index (χ4v) is 4.26. The monoisotopic (exact) mass is 204 g/mol. The van der Waals surface area contributed by atoms with Crippen molar-refractivity contribution in [3.8, 4) is 0 Å². The molecule has 0 heterocycles. The van der Waals surface area contributed by atoms with Gasteiger partial charge in [-0.15, -0.1) is 0 Å². The summed E-state index contributed by atoms with van der Waals surface area (Å²) in [6.45, 7) is 6.83. The molecule has 3 aliphatic rings. The van der Waals surface area contributed by atoms with E-state index < -0.39 is 0 Å². The fraction of sp³-hybridized carbons (Fsp3) is 0.786. The molecule has 1 heteroatoms. The van der Waals surface area contributed by atoms with Crippen molar-refractivity contribution in [3.05, 3.63) is 11.1 Å². The highest BCUT2D eigenvalue weighted by Gasteiger charge is 2.60. The van der Waals surface area contributed by atoms with Gasteiger partial charge in [0, 0.05) is 5.41 Å². The Balaban J connectivity index is 2.21. The minimum atomic E-state index is -0.0547. The first-order valence-electron chi connectivity index (χ1n) is 6.25. The van der Waals surface area contributed by atoms with Crippen LogP contribution in [0.25, 0.3) is 0 Å². The van der Waals surface area contributed by atoms with E-state index in [1.54, 1.807) is 5.57 Å². The summed E-state index contributed by atoms with van der Waals surface area (Å²) in [5.74, 6) is 1.20. The third-order valence-corrected chi connectivity index (χ3v) is 5.68. The molecule has 0 spiro atoms. The van der Waals surface area contributed by atoms with Gasteiger partial charge in [-0.2, -0.15) is 0 Å². The number of carbonyl (C=O) groups is 1. The molecule has 1 saturated carbocycles. The molecular weight excluding hydrogens is 184 g/mol. The van der Waals surface area contributed by atoms with E-state index in [2.05, 4.69) is 20.8 Å². The summed E-state index contributed by atoms with van der Waals surface area (Å²) in [6, 6.07) is 0. The third-order valence-electron chi connectivity index (χ3n) is 5.68. The molecule has 1 nitrogen and oxygen atoms in total. The molecule has 0 aliphatic heterocycles. The molecule has 2 bridgehead atoms. The van der Waals surface area contributed by atoms with E-state index >= 15 is 0 Å². The van der Waals surface area contributed by atoms with Gasteiger partial charge in [0.25, 0.3) is 0 Å². The average Bonchev–Trinajstić information content (AvgIpc) is 2.68. The van der Waals surface area contributed by atoms with Crippen molar-refractivity contribution in [2.24, 2.45) is 16.7 Å². The van der Waals surface area contributed by atoms with Crippen LogP contribution in [-0.2, 0) is 4.79 Å². The van der Waals surface area contributed by atoms with E-state index in [1.807, 2.05) is 0 Å². The first-order chi connectivity index (χ1) is 6.98. The number of hydrogen-bond acceptors (Lipinski definition) is 1. The molecule has 0 radical (unpaired) electrons. The molecule has 0 aromatic heterocycles. The minimum absolute atomic E-state index is 0.0547. The molecule has 82 valence electrons. The van der Waals surface area contributed by atoms with E-state index in [0.717, 1.165) is 12.8 Å². The van der Waals surface area contributed by atoms with Gasteiger partial charge in [-0.1, -0.05) is 26.3 Å². The zero-order valence-corrected chi connectivity index (χ0v) is 10.0. The van der Waals surface area contributed by atoms with Crippen LogP contribution in [0.4, 0.5) is 0 Å². The van der Waals surface area contributed by atoms with Crippen molar-refractivity contribution in [2.45, 2.75) is 52.9 Å². The Morgan fingerprint density at radius 2 is 1.93 bits per heavy atom. The second-order valence-electron chi connectivity index (χ2n) is 6.33. The highest BCUT2D eigenvalue weighted by molar-refractivity contribution is 6.03. The second-order valence-corrected chi connectivity index (χ2v) is 6.33. The minimum Gasteiger partial charge on any atom is -0.294 e. The van der Waals surface area contributed by atoms with Crippen LogP contribution in [0.15, 0.2) is 11.1 Å². The van der Waals surface area contributed by atoms with E-state index in [-0.39, 0.29) is 10.8 Å². The molecule has 0 aromatic carbocycles. The number of ketones is 1. The predicted octanol–water partition coefficient (Wildman–Crippen LogP) is 3.49. The summed E-state index contributed by atoms with van der Waals surface area (Å²) >= 11 is 0. The van der Waals surface area contributed by atoms with E-state index in [9.17, 15) is 4.79 Å². The zero-order valence-electron chi connectivity index (χ0n) is 10.0. The molecule has 2 atom stereocenters. The van der Waals surface area contributed by atoms with Gasteiger partial charge in [-0.3, -0.25) is 4.79 Å². The van der Waals surface area contributed by atoms with Crippen molar-refractivity contribution in [1.29, 1.82) is 0 Å². The van der Waals surface area contributed by atoms with Crippen molar-refractivity contribution >= 4 is 5.78 Å². The Labute approximate surface area is 91.9 Å². The summed E-state index contributed by atoms with van der Waals surface area (Å²) in [5, 5.41) is 0. The van der Waals surface area contributed by atoms with Crippen LogP contribution in [0.1, 0.15) is 52.9 Å². The van der Waals surface area contributed by atoms with Crippen molar-refractivity contribution in [2.75, 3.05) is 0 Å². The lowest BCUT2D eigenvalue weighted by Crippen LogP contribution is -2.45. The van der Waals surface area contributed by atoms with E-state index in [1.165, 1.54) is 24.8 Å². The molecule has 0 aromatic rings. The van der Waals surface area contributed by atoms with Crippen LogP contribution in [0, 0.1) is 16.7 Å². The zero-order chi connectivity index (χ0) is 10.8. The summed E-state index contributed by atoms with van der Waals surface area (Å²) in [4.78, 5) is 12.5. The van der Waals surface area contributed by atoms with Crippen LogP contribution in [0.3, 0.4) is 0 Å². The van der Waals surface area contributed by atoms with Crippen molar-refractivity contribution in [1.82, 2.24) is 0 Å². The summed E-state index contributed by atoms with van der Waals surface area (Å²) in [7, 11) is 0. The van der Waals surface area contributed by atoms with Gasteiger partial charge in [0.2, 0.25) is 0 Å². The molecular formula is C14H20O. The molecule has 3 rings (SSSR count). The summed E-state index contributed by atoms with van der Waals surface area (Å²) < 4.78 is 0. The second kappa shape index (κ2) is 2.56. The normalized spacial score (nSPS) is 42.3. The predicted molar refractivity (Wildman–Crippen MR) is 60.5 cm³/mol. The molecule has 0 N–H and O–H groups in total. The maximum atomic E-state index is 12.5. The van der Waals surface area contributed by atoms with E-state index in [0.29, 0.717) is 11.7 Å². The molecule has 3 aliphatic carbocycles. The first-order valence-corrected chi connectivity index (χ1v) is 6.25. The van der Waals surface area contributed by atoms with Gasteiger partial charge in [-0.25, -0.2) is 0 Å². The SMILES string of the molecule is CC12CCC(C3=C(CCC3)C1=O)C2(C)C. The Kier molecular flexibility index (Phi) is 1.64. The Morgan fingerprint density at radius 1 is 1.20 bits per heavy atom. The highest BCUT2D eigenvalue weighted by atomic mass is 16.1. The van der Waals surface area contributed by atoms with Crippen molar-refractivity contribution in [3.63, 3.8) is 0 Å². The van der Waals surface area contributed by atoms with Crippen LogP contribution in [-0.4, -0.2) is 5.78 Å². The average molecular weight is 204 g/mol. The van der Waals surface area contributed by atoms with Gasteiger partial charge < -0.3 is 0 Å². The van der Waals surface area contributed by atoms with Gasteiger partial charge in [0.05, 0.1) is 0 Å². The maximum absolute atomic E-state index is 12.5. The highest BCUT2D eigenvalue weighted by Crippen LogP contribution is 2.64. The number of fused-ring (bicyclic) bond motifs is 3. The molecule has 0 amide bonds. The standard InChI is InChI=1S/C14H20O/c1-13(2)11-7-8-14(13,3)12(15)10-6-4-5-9(10)11/h11H,4-8H2,1-3H3. The number of allylic oxidation sites excluding steroid dienone is 2. The number of carbonyl (C=O) groups excluding carboxylic acids is 1. The van der Waals surface area contributed by atoms with Gasteiger partial charge in [0.15, 0.2) is 5.78 Å². The van der Waals surface area contributed by atoms with Crippen LogP contribution < -0.4 is 0 Å². The molecule has 1 fully saturated rings. The largest absolute Gasteiger partial charge is 0.294 e. The van der Waals surface area contributed by atoms with E-state index in [4.69, 9.17) is 0 Å². The number of hydrogen-bond donors (Lipinski definition) is 0. The lowest BCUT2D eigenvalue weighted by atomic mass is 9.57. The van der Waals surface area contributed by atoms with Crippen LogP contribution in [0.2, 0.25) is 0 Å². The summed E-state index contributed by atoms with van der Waals surface area (Å²) in [6.07, 6.45) is 5.84.